The molecule has 242 valence electrons. The van der Waals surface area contributed by atoms with Gasteiger partial charge in [-0.25, -0.2) is 16.8 Å². The molecular formula is C16H25F11N2O8S3. The van der Waals surface area contributed by atoms with Crippen molar-refractivity contribution in [3.8, 4) is 0 Å². The first-order valence-corrected chi connectivity index (χ1v) is 15.2. The molecule has 0 aliphatic rings. The second-order valence-electron chi connectivity index (χ2n) is 9.13. The van der Waals surface area contributed by atoms with E-state index in [-0.39, 0.29) is 24.0 Å². The molecule has 0 aromatic heterocycles. The van der Waals surface area contributed by atoms with Gasteiger partial charge in [0.25, 0.3) is 20.1 Å². The van der Waals surface area contributed by atoms with Crippen LogP contribution in [-0.4, -0.2) is 124 Å². The van der Waals surface area contributed by atoms with Crippen LogP contribution in [0.5, 0.6) is 0 Å². The Labute approximate surface area is 222 Å². The van der Waals surface area contributed by atoms with Crippen LogP contribution in [0.15, 0.2) is 0 Å². The minimum absolute atomic E-state index is 0.121. The van der Waals surface area contributed by atoms with E-state index in [1.165, 1.54) is 14.1 Å². The SMILES string of the molecule is C[N+](C)(CCCN(CCCS(=O)(=O)O)S(=O)(=O)C(F)(F)C(F)(F)C(F)(F)C(F)(F)C(F)(F)F)CCCS(=O)(=O)[O-]. The van der Waals surface area contributed by atoms with E-state index in [0.717, 1.165) is 0 Å². The van der Waals surface area contributed by atoms with Crippen molar-refractivity contribution in [1.82, 2.24) is 4.31 Å². The molecule has 0 saturated heterocycles. The lowest BCUT2D eigenvalue weighted by Crippen LogP contribution is -2.69. The molecule has 10 nitrogen and oxygen atoms in total. The predicted octanol–water partition coefficient (Wildman–Crippen LogP) is 2.36. The fourth-order valence-electron chi connectivity index (χ4n) is 3.11. The Balaban J connectivity index is 6.26. The molecular weight excluding hydrogens is 653 g/mol. The van der Waals surface area contributed by atoms with Crippen molar-refractivity contribution >= 4 is 30.3 Å². The summed E-state index contributed by atoms with van der Waals surface area (Å²) in [5.41, 5.74) is 0. The highest BCUT2D eigenvalue weighted by Crippen LogP contribution is 2.58. The van der Waals surface area contributed by atoms with Gasteiger partial charge >= 0.3 is 29.2 Å². The first-order valence-electron chi connectivity index (χ1n) is 10.6. The summed E-state index contributed by atoms with van der Waals surface area (Å²) in [5.74, 6) is -26.0. The van der Waals surface area contributed by atoms with Gasteiger partial charge in [0.1, 0.15) is 0 Å². The van der Waals surface area contributed by atoms with Crippen LogP contribution in [-0.2, 0) is 30.3 Å². The van der Waals surface area contributed by atoms with Gasteiger partial charge in [-0.2, -0.15) is 61.0 Å². The van der Waals surface area contributed by atoms with Gasteiger partial charge in [-0.05, 0) is 6.42 Å². The lowest BCUT2D eigenvalue weighted by Gasteiger charge is -2.38. The van der Waals surface area contributed by atoms with Crippen LogP contribution in [0.3, 0.4) is 0 Å². The molecule has 0 atom stereocenters. The van der Waals surface area contributed by atoms with Crippen molar-refractivity contribution in [2.24, 2.45) is 0 Å². The third-order valence-electron chi connectivity index (χ3n) is 5.31. The summed E-state index contributed by atoms with van der Waals surface area (Å²) in [5, 5.41) is -7.32. The van der Waals surface area contributed by atoms with Crippen LogP contribution < -0.4 is 0 Å². The molecule has 0 rings (SSSR count). The van der Waals surface area contributed by atoms with E-state index >= 15 is 0 Å². The van der Waals surface area contributed by atoms with Crippen LogP contribution >= 0.6 is 0 Å². The standard InChI is InChI=1S/C16H25F11N2O8S3/c1-29(2,9-5-11-39(33,34)35)8-3-6-28(7-4-10-38(30,31)32)40(36,37)16(26,27)14(21,22)12(17,18)13(19,20)15(23,24)25/h3-11H2,1-2H3,(H-,30,31,32,33,34,35). The van der Waals surface area contributed by atoms with Gasteiger partial charge in [0.05, 0.1) is 43.1 Å². The maximum Gasteiger partial charge on any atom is 0.460 e. The Morgan fingerprint density at radius 3 is 1.50 bits per heavy atom. The van der Waals surface area contributed by atoms with Crippen LogP contribution in [0.1, 0.15) is 19.3 Å². The van der Waals surface area contributed by atoms with Crippen molar-refractivity contribution < 1.29 is 87.1 Å². The summed E-state index contributed by atoms with van der Waals surface area (Å²) in [7, 11) is -14.2. The maximum atomic E-state index is 14.4. The molecule has 0 amide bonds. The van der Waals surface area contributed by atoms with E-state index in [2.05, 4.69) is 0 Å². The third-order valence-corrected chi connectivity index (χ3v) is 8.86. The third kappa shape index (κ3) is 9.21. The zero-order valence-electron chi connectivity index (χ0n) is 20.4. The highest BCUT2D eigenvalue weighted by atomic mass is 32.2. The van der Waals surface area contributed by atoms with E-state index in [1.807, 2.05) is 0 Å². The molecule has 0 spiro atoms. The molecule has 0 radical (unpaired) electrons. The Kier molecular flexibility index (Phi) is 11.9. The summed E-state index contributed by atoms with van der Waals surface area (Å²) in [6, 6.07) is 0. The zero-order valence-corrected chi connectivity index (χ0v) is 22.9. The van der Waals surface area contributed by atoms with Crippen molar-refractivity contribution in [2.45, 2.75) is 48.5 Å². The molecule has 0 fully saturated rings. The van der Waals surface area contributed by atoms with Gasteiger partial charge in [0.15, 0.2) is 0 Å². The van der Waals surface area contributed by atoms with Crippen LogP contribution in [0.25, 0.3) is 0 Å². The first-order chi connectivity index (χ1) is 17.3. The Morgan fingerprint density at radius 2 is 1.10 bits per heavy atom. The fourth-order valence-corrected chi connectivity index (χ4v) is 5.61. The molecule has 24 heteroatoms. The highest BCUT2D eigenvalue weighted by Gasteiger charge is 2.89. The van der Waals surface area contributed by atoms with E-state index in [0.29, 0.717) is 0 Å². The number of alkyl halides is 11. The smallest absolute Gasteiger partial charge is 0.460 e. The molecule has 0 aromatic rings. The van der Waals surface area contributed by atoms with Gasteiger partial charge in [-0.1, -0.05) is 0 Å². The van der Waals surface area contributed by atoms with Gasteiger partial charge in [0, 0.05) is 31.7 Å². The molecule has 0 heterocycles. The lowest BCUT2D eigenvalue weighted by atomic mass is 10.0. The van der Waals surface area contributed by atoms with Crippen molar-refractivity contribution in [1.29, 1.82) is 0 Å². The number of halogens is 11. The first kappa shape index (κ1) is 38.9. The number of hydrogen-bond acceptors (Lipinski definition) is 7. The van der Waals surface area contributed by atoms with Crippen LogP contribution in [0.2, 0.25) is 0 Å². The average Bonchev–Trinajstić information content (AvgIpc) is 2.68. The number of quaternary nitrogens is 1. The Bertz CT molecular complexity index is 1190. The number of hydrogen-bond donors (Lipinski definition) is 1. The molecule has 0 aliphatic heterocycles. The lowest BCUT2D eigenvalue weighted by molar-refractivity contribution is -0.890. The van der Waals surface area contributed by atoms with Crippen LogP contribution in [0, 0.1) is 0 Å². The van der Waals surface area contributed by atoms with Gasteiger partial charge in [-0.15, -0.1) is 0 Å². The quantitative estimate of drug-likeness (QED) is 0.140. The minimum Gasteiger partial charge on any atom is -0.748 e. The second kappa shape index (κ2) is 12.3. The van der Waals surface area contributed by atoms with Gasteiger partial charge < -0.3 is 9.04 Å². The second-order valence-corrected chi connectivity index (χ2v) is 14.2. The van der Waals surface area contributed by atoms with E-state index in [1.54, 1.807) is 0 Å². The zero-order chi connectivity index (χ0) is 32.4. The summed E-state index contributed by atoms with van der Waals surface area (Å²) < 4.78 is 233. The Morgan fingerprint density at radius 1 is 0.675 bits per heavy atom. The van der Waals surface area contributed by atoms with E-state index in [4.69, 9.17) is 4.55 Å². The molecule has 0 unspecified atom stereocenters. The molecule has 1 N–H and O–H groups in total. The number of nitrogens with zero attached hydrogens (tertiary/aromatic N) is 2. The normalized spacial score (nSPS) is 15.6. The van der Waals surface area contributed by atoms with Gasteiger partial charge in [0.2, 0.25) is 0 Å². The summed E-state index contributed by atoms with van der Waals surface area (Å²) in [4.78, 5) is 0. The Hall–Kier alpha value is -1.08. The molecule has 0 aromatic carbocycles. The van der Waals surface area contributed by atoms with Crippen molar-refractivity contribution in [3.63, 3.8) is 0 Å². The van der Waals surface area contributed by atoms with Crippen molar-refractivity contribution in [3.05, 3.63) is 0 Å². The highest BCUT2D eigenvalue weighted by molar-refractivity contribution is 7.90. The number of rotatable bonds is 17. The summed E-state index contributed by atoms with van der Waals surface area (Å²) >= 11 is 0. The molecule has 0 aliphatic carbocycles. The maximum absolute atomic E-state index is 14.4. The molecule has 0 saturated carbocycles. The molecule has 0 bridgehead atoms. The van der Waals surface area contributed by atoms with E-state index < -0.39 is 101 Å². The largest absolute Gasteiger partial charge is 0.748 e. The predicted molar refractivity (Wildman–Crippen MR) is 113 cm³/mol. The summed E-state index contributed by atoms with van der Waals surface area (Å²) in [6.45, 7) is -3.31. The van der Waals surface area contributed by atoms with E-state index in [9.17, 15) is 78.1 Å². The van der Waals surface area contributed by atoms with Crippen molar-refractivity contribution in [2.75, 3.05) is 51.8 Å². The average molecular weight is 679 g/mol. The van der Waals surface area contributed by atoms with Crippen LogP contribution in [0.4, 0.5) is 48.3 Å². The monoisotopic (exact) mass is 678 g/mol. The topological polar surface area (TPSA) is 149 Å². The minimum atomic E-state index is -8.00. The number of sulfonamides is 1. The summed E-state index contributed by atoms with van der Waals surface area (Å²) in [6.07, 6.45) is -9.58. The molecule has 40 heavy (non-hydrogen) atoms. The van der Waals surface area contributed by atoms with Gasteiger partial charge in [-0.3, -0.25) is 4.55 Å². The fraction of sp³-hybridized carbons (Fsp3) is 1.00.